The number of nitrogens with zero attached hydrogens (tertiary/aromatic N) is 2. The molecular weight excluding hydrogens is 276 g/mol. The van der Waals surface area contributed by atoms with E-state index in [1.807, 2.05) is 12.1 Å². The first-order valence-electron chi connectivity index (χ1n) is 6.39. The maximum absolute atomic E-state index is 5.67. The molecule has 0 saturated heterocycles. The number of hydrogen-bond acceptors (Lipinski definition) is 6. The first kappa shape index (κ1) is 14.7. The van der Waals surface area contributed by atoms with E-state index in [2.05, 4.69) is 24.0 Å². The first-order chi connectivity index (χ1) is 9.66. The van der Waals surface area contributed by atoms with Gasteiger partial charge in [-0.3, -0.25) is 0 Å². The second kappa shape index (κ2) is 6.65. The highest BCUT2D eigenvalue weighted by Crippen LogP contribution is 2.31. The third kappa shape index (κ3) is 3.45. The van der Waals surface area contributed by atoms with Crippen molar-refractivity contribution in [1.82, 2.24) is 10.2 Å². The van der Waals surface area contributed by atoms with Gasteiger partial charge < -0.3 is 13.9 Å². The molecule has 108 valence electrons. The molecule has 0 spiro atoms. The van der Waals surface area contributed by atoms with Crippen molar-refractivity contribution in [2.75, 3.05) is 14.2 Å². The predicted octanol–water partition coefficient (Wildman–Crippen LogP) is 3.64. The molecular formula is C14H18N2O3S. The molecule has 0 aliphatic carbocycles. The Morgan fingerprint density at radius 2 is 1.80 bits per heavy atom. The van der Waals surface area contributed by atoms with Crippen LogP contribution in [0.2, 0.25) is 0 Å². The summed E-state index contributed by atoms with van der Waals surface area (Å²) in [4.78, 5) is 0. The number of methoxy groups -OCH3 is 2. The molecule has 0 aliphatic heterocycles. The first-order valence-corrected chi connectivity index (χ1v) is 7.27. The van der Waals surface area contributed by atoms with E-state index < -0.39 is 0 Å². The minimum Gasteiger partial charge on any atom is -0.497 e. The Bertz CT molecular complexity index is 549. The Kier molecular flexibility index (Phi) is 4.89. The van der Waals surface area contributed by atoms with Crippen molar-refractivity contribution in [3.63, 3.8) is 0 Å². The topological polar surface area (TPSA) is 57.4 Å². The number of aromatic nitrogens is 2. The van der Waals surface area contributed by atoms with Crippen LogP contribution in [0.15, 0.2) is 27.8 Å². The lowest BCUT2D eigenvalue weighted by Gasteiger charge is -2.06. The molecule has 0 aliphatic rings. The highest BCUT2D eigenvalue weighted by Gasteiger charge is 2.13. The summed E-state index contributed by atoms with van der Waals surface area (Å²) in [5.74, 6) is 1.84. The average molecular weight is 294 g/mol. The molecule has 1 unspecified atom stereocenters. The van der Waals surface area contributed by atoms with Crippen molar-refractivity contribution in [3.05, 3.63) is 18.2 Å². The van der Waals surface area contributed by atoms with Gasteiger partial charge in [-0.05, 0) is 18.6 Å². The SMILES string of the molecule is CCC(C)Sc1nnc(-c2cc(OC)cc(OC)c2)o1. The monoisotopic (exact) mass is 294 g/mol. The van der Waals surface area contributed by atoms with Crippen molar-refractivity contribution in [2.24, 2.45) is 0 Å². The number of hydrogen-bond donors (Lipinski definition) is 0. The van der Waals surface area contributed by atoms with Gasteiger partial charge in [0.25, 0.3) is 5.22 Å². The largest absolute Gasteiger partial charge is 0.497 e. The molecule has 20 heavy (non-hydrogen) atoms. The van der Waals surface area contributed by atoms with Gasteiger partial charge in [-0.15, -0.1) is 10.2 Å². The van der Waals surface area contributed by atoms with Gasteiger partial charge in [0.05, 0.1) is 14.2 Å². The van der Waals surface area contributed by atoms with Gasteiger partial charge >= 0.3 is 0 Å². The zero-order chi connectivity index (χ0) is 14.5. The minimum atomic E-state index is 0.447. The van der Waals surface area contributed by atoms with E-state index in [1.54, 1.807) is 32.0 Å². The molecule has 0 N–H and O–H groups in total. The van der Waals surface area contributed by atoms with Gasteiger partial charge in [0, 0.05) is 16.9 Å². The maximum atomic E-state index is 5.67. The highest BCUT2D eigenvalue weighted by molar-refractivity contribution is 7.99. The smallest absolute Gasteiger partial charge is 0.277 e. The van der Waals surface area contributed by atoms with E-state index in [1.165, 1.54) is 0 Å². The number of thioether (sulfide) groups is 1. The van der Waals surface area contributed by atoms with Crippen LogP contribution in [-0.4, -0.2) is 29.7 Å². The van der Waals surface area contributed by atoms with Gasteiger partial charge in [-0.1, -0.05) is 25.6 Å². The molecule has 0 saturated carbocycles. The van der Waals surface area contributed by atoms with Crippen LogP contribution in [0.1, 0.15) is 20.3 Å². The summed E-state index contributed by atoms with van der Waals surface area (Å²) in [6.45, 7) is 4.25. The van der Waals surface area contributed by atoms with Gasteiger partial charge in [0.15, 0.2) is 0 Å². The van der Waals surface area contributed by atoms with Crippen LogP contribution >= 0.6 is 11.8 Å². The number of rotatable bonds is 6. The molecule has 5 nitrogen and oxygen atoms in total. The minimum absolute atomic E-state index is 0.447. The zero-order valence-electron chi connectivity index (χ0n) is 12.0. The Morgan fingerprint density at radius 1 is 1.15 bits per heavy atom. The molecule has 0 bridgehead atoms. The summed E-state index contributed by atoms with van der Waals surface area (Å²) >= 11 is 1.58. The number of benzene rings is 1. The molecule has 1 aromatic heterocycles. The highest BCUT2D eigenvalue weighted by atomic mass is 32.2. The predicted molar refractivity (Wildman–Crippen MR) is 78.4 cm³/mol. The lowest BCUT2D eigenvalue weighted by atomic mass is 10.2. The maximum Gasteiger partial charge on any atom is 0.277 e. The van der Waals surface area contributed by atoms with Crippen molar-refractivity contribution in [2.45, 2.75) is 30.7 Å². The van der Waals surface area contributed by atoms with Crippen LogP contribution in [0.5, 0.6) is 11.5 Å². The second-order valence-electron chi connectivity index (χ2n) is 4.31. The third-order valence-corrected chi connectivity index (χ3v) is 3.98. The third-order valence-electron chi connectivity index (χ3n) is 2.88. The van der Waals surface area contributed by atoms with Crippen molar-refractivity contribution < 1.29 is 13.9 Å². The standard InChI is InChI=1S/C14H18N2O3S/c1-5-9(2)20-14-16-15-13(19-14)10-6-11(17-3)8-12(7-10)18-4/h6-9H,5H2,1-4H3. The van der Waals surface area contributed by atoms with Crippen LogP contribution in [0.4, 0.5) is 0 Å². The molecule has 1 aromatic carbocycles. The van der Waals surface area contributed by atoms with E-state index in [0.717, 1.165) is 12.0 Å². The Labute approximate surface area is 122 Å². The van der Waals surface area contributed by atoms with Gasteiger partial charge in [-0.2, -0.15) is 0 Å². The van der Waals surface area contributed by atoms with Crippen molar-refractivity contribution in [3.8, 4) is 23.0 Å². The summed E-state index contributed by atoms with van der Waals surface area (Å²) in [5, 5.41) is 9.16. The Morgan fingerprint density at radius 3 is 2.35 bits per heavy atom. The fraction of sp³-hybridized carbons (Fsp3) is 0.429. The van der Waals surface area contributed by atoms with E-state index in [0.29, 0.717) is 27.9 Å². The van der Waals surface area contributed by atoms with Crippen LogP contribution < -0.4 is 9.47 Å². The van der Waals surface area contributed by atoms with Crippen LogP contribution in [0.3, 0.4) is 0 Å². The van der Waals surface area contributed by atoms with E-state index in [9.17, 15) is 0 Å². The van der Waals surface area contributed by atoms with Crippen LogP contribution in [0.25, 0.3) is 11.5 Å². The molecule has 0 amide bonds. The summed E-state index contributed by atoms with van der Waals surface area (Å²) < 4.78 is 16.1. The van der Waals surface area contributed by atoms with Gasteiger partial charge in [0.2, 0.25) is 5.89 Å². The Hall–Kier alpha value is -1.69. The molecule has 1 atom stereocenters. The van der Waals surface area contributed by atoms with E-state index in [4.69, 9.17) is 13.9 Å². The lowest BCUT2D eigenvalue weighted by molar-refractivity contribution is 0.394. The molecule has 1 heterocycles. The lowest BCUT2D eigenvalue weighted by Crippen LogP contribution is -1.91. The normalized spacial score (nSPS) is 12.2. The quantitative estimate of drug-likeness (QED) is 0.758. The van der Waals surface area contributed by atoms with E-state index in [-0.39, 0.29) is 0 Å². The molecule has 6 heteroatoms. The van der Waals surface area contributed by atoms with E-state index >= 15 is 0 Å². The molecule has 0 radical (unpaired) electrons. The van der Waals surface area contributed by atoms with Crippen molar-refractivity contribution in [1.29, 1.82) is 0 Å². The summed E-state index contributed by atoms with van der Waals surface area (Å²) in [6.07, 6.45) is 1.05. The van der Waals surface area contributed by atoms with Crippen LogP contribution in [-0.2, 0) is 0 Å². The van der Waals surface area contributed by atoms with Gasteiger partial charge in [-0.25, -0.2) is 0 Å². The fourth-order valence-electron chi connectivity index (χ4n) is 1.56. The molecule has 0 fully saturated rings. The van der Waals surface area contributed by atoms with Gasteiger partial charge in [0.1, 0.15) is 11.5 Å². The zero-order valence-corrected chi connectivity index (χ0v) is 12.9. The van der Waals surface area contributed by atoms with Crippen molar-refractivity contribution >= 4 is 11.8 Å². The Balaban J connectivity index is 2.27. The summed E-state index contributed by atoms with van der Waals surface area (Å²) in [6, 6.07) is 5.48. The second-order valence-corrected chi connectivity index (χ2v) is 5.70. The molecule has 2 aromatic rings. The summed E-state index contributed by atoms with van der Waals surface area (Å²) in [5.41, 5.74) is 0.782. The average Bonchev–Trinajstić information content (AvgIpc) is 2.94. The fourth-order valence-corrected chi connectivity index (χ4v) is 2.29. The molecule has 2 rings (SSSR count). The summed E-state index contributed by atoms with van der Waals surface area (Å²) in [7, 11) is 3.22. The van der Waals surface area contributed by atoms with Crippen LogP contribution in [0, 0.1) is 0 Å². The number of ether oxygens (including phenoxy) is 2.